The van der Waals surface area contributed by atoms with Crippen LogP contribution in [0.5, 0.6) is 0 Å². The van der Waals surface area contributed by atoms with Crippen molar-refractivity contribution in [2.24, 2.45) is 23.7 Å². The van der Waals surface area contributed by atoms with E-state index in [0.717, 1.165) is 12.1 Å². The number of benzene rings is 1. The lowest BCUT2D eigenvalue weighted by atomic mass is 9.85. The first kappa shape index (κ1) is 16.5. The second-order valence-corrected chi connectivity index (χ2v) is 7.40. The van der Waals surface area contributed by atoms with Crippen molar-refractivity contribution in [1.29, 1.82) is 0 Å². The first-order valence-corrected chi connectivity index (χ1v) is 9.06. The van der Waals surface area contributed by atoms with E-state index in [-0.39, 0.29) is 53.8 Å². The van der Waals surface area contributed by atoms with E-state index in [1.165, 1.54) is 4.90 Å². The predicted octanol–water partition coefficient (Wildman–Crippen LogP) is 2.86. The number of anilines is 1. The van der Waals surface area contributed by atoms with Crippen molar-refractivity contribution in [3.05, 3.63) is 41.4 Å². The highest BCUT2D eigenvalue weighted by molar-refractivity contribution is 7.80. The molecule has 5 nitrogen and oxygen atoms in total. The van der Waals surface area contributed by atoms with Gasteiger partial charge in [0, 0.05) is 10.7 Å². The molecular formula is C18H17ClN2O3S. The molecule has 4 rings (SSSR count). The number of nitrogens with one attached hydrogen (secondary N) is 1. The van der Waals surface area contributed by atoms with E-state index >= 15 is 0 Å². The molecule has 25 heavy (non-hydrogen) atoms. The Morgan fingerprint density at radius 3 is 2.36 bits per heavy atom. The summed E-state index contributed by atoms with van der Waals surface area (Å²) < 4.78 is 5.45. The van der Waals surface area contributed by atoms with Gasteiger partial charge < -0.3 is 10.1 Å². The van der Waals surface area contributed by atoms with Gasteiger partial charge in [0.2, 0.25) is 11.8 Å². The molecule has 1 aromatic rings. The zero-order valence-electron chi connectivity index (χ0n) is 13.4. The molecule has 0 spiro atoms. The standard InChI is InChI=1S/C18H17ClN2O3S/c19-12-3-5-13(6-4-12)20-18(25)24-8-7-21-16(22)14-10-1-2-11(9-10)15(14)17(21)23/h1-6,10-11,14-15H,7-9H2,(H,20,25)/t10-,11+,14-,15+. The molecule has 1 saturated carbocycles. The zero-order valence-corrected chi connectivity index (χ0v) is 14.9. The van der Waals surface area contributed by atoms with Gasteiger partial charge in [-0.25, -0.2) is 0 Å². The van der Waals surface area contributed by atoms with Gasteiger partial charge in [0.05, 0.1) is 18.4 Å². The summed E-state index contributed by atoms with van der Waals surface area (Å²) in [7, 11) is 0. The molecule has 1 aliphatic heterocycles. The van der Waals surface area contributed by atoms with Gasteiger partial charge in [-0.15, -0.1) is 0 Å². The van der Waals surface area contributed by atoms with Gasteiger partial charge in [0.15, 0.2) is 0 Å². The minimum absolute atomic E-state index is 0.0629. The van der Waals surface area contributed by atoms with Crippen LogP contribution in [0.2, 0.25) is 5.02 Å². The number of carbonyl (C=O) groups excluding carboxylic acids is 2. The monoisotopic (exact) mass is 376 g/mol. The number of halogens is 1. The molecule has 3 aliphatic rings. The van der Waals surface area contributed by atoms with Crippen LogP contribution < -0.4 is 5.32 Å². The van der Waals surface area contributed by atoms with Crippen LogP contribution in [0.4, 0.5) is 5.69 Å². The molecule has 1 N–H and O–H groups in total. The normalized spacial score (nSPS) is 29.2. The van der Waals surface area contributed by atoms with Crippen molar-refractivity contribution in [1.82, 2.24) is 4.90 Å². The summed E-state index contributed by atoms with van der Waals surface area (Å²) in [5, 5.41) is 3.77. The lowest BCUT2D eigenvalue weighted by Crippen LogP contribution is -2.36. The van der Waals surface area contributed by atoms with E-state index in [9.17, 15) is 9.59 Å². The summed E-state index contributed by atoms with van der Waals surface area (Å²) in [6.07, 6.45) is 5.11. The van der Waals surface area contributed by atoms with Gasteiger partial charge in [0.25, 0.3) is 5.17 Å². The Hall–Kier alpha value is -1.92. The van der Waals surface area contributed by atoms with Gasteiger partial charge in [0.1, 0.15) is 6.61 Å². The highest BCUT2D eigenvalue weighted by Crippen LogP contribution is 2.52. The van der Waals surface area contributed by atoms with Crippen molar-refractivity contribution in [3.63, 3.8) is 0 Å². The average molecular weight is 377 g/mol. The van der Waals surface area contributed by atoms with Crippen LogP contribution in [0.3, 0.4) is 0 Å². The number of rotatable bonds is 4. The van der Waals surface area contributed by atoms with Crippen molar-refractivity contribution in [2.45, 2.75) is 6.42 Å². The largest absolute Gasteiger partial charge is 0.469 e. The number of nitrogens with zero attached hydrogens (tertiary/aromatic N) is 1. The summed E-state index contributed by atoms with van der Waals surface area (Å²) in [5.41, 5.74) is 0.764. The van der Waals surface area contributed by atoms with Crippen molar-refractivity contribution >= 4 is 46.5 Å². The van der Waals surface area contributed by atoms with Crippen LogP contribution in [0.1, 0.15) is 6.42 Å². The number of ether oxygens (including phenoxy) is 1. The fraction of sp³-hybridized carbons (Fsp3) is 0.389. The molecule has 130 valence electrons. The number of likely N-dealkylation sites (tertiary alicyclic amines) is 1. The fourth-order valence-electron chi connectivity index (χ4n) is 4.10. The van der Waals surface area contributed by atoms with Gasteiger partial charge in [-0.05, 0) is 54.7 Å². The molecule has 1 heterocycles. The van der Waals surface area contributed by atoms with Crippen molar-refractivity contribution < 1.29 is 14.3 Å². The molecule has 0 unspecified atom stereocenters. The lowest BCUT2D eigenvalue weighted by Gasteiger charge is -2.17. The van der Waals surface area contributed by atoms with E-state index in [1.54, 1.807) is 24.3 Å². The maximum atomic E-state index is 12.5. The quantitative estimate of drug-likeness (QED) is 0.497. The van der Waals surface area contributed by atoms with E-state index < -0.39 is 0 Å². The van der Waals surface area contributed by atoms with Gasteiger partial charge in [-0.3, -0.25) is 14.5 Å². The van der Waals surface area contributed by atoms with Gasteiger partial charge >= 0.3 is 0 Å². The summed E-state index contributed by atoms with van der Waals surface area (Å²) in [6.45, 7) is 0.408. The molecule has 2 aliphatic carbocycles. The fourth-order valence-corrected chi connectivity index (χ4v) is 4.43. The molecule has 1 saturated heterocycles. The van der Waals surface area contributed by atoms with E-state index in [2.05, 4.69) is 17.5 Å². The summed E-state index contributed by atoms with van der Waals surface area (Å²) >= 11 is 11.0. The molecule has 2 bridgehead atoms. The zero-order chi connectivity index (χ0) is 17.6. The third-order valence-electron chi connectivity index (χ3n) is 5.20. The molecule has 2 amide bonds. The molecule has 4 atom stereocenters. The Balaban J connectivity index is 1.29. The van der Waals surface area contributed by atoms with Crippen LogP contribution in [-0.4, -0.2) is 35.0 Å². The Kier molecular flexibility index (Phi) is 4.25. The Labute approximate surface area is 156 Å². The Bertz CT molecular complexity index is 734. The number of amides is 2. The van der Waals surface area contributed by atoms with Crippen molar-refractivity contribution in [2.75, 3.05) is 18.5 Å². The van der Waals surface area contributed by atoms with E-state index in [0.29, 0.717) is 5.02 Å². The molecule has 2 fully saturated rings. The maximum absolute atomic E-state index is 12.5. The highest BCUT2D eigenvalue weighted by atomic mass is 35.5. The van der Waals surface area contributed by atoms with Gasteiger partial charge in [-0.1, -0.05) is 23.8 Å². The first-order chi connectivity index (χ1) is 12.0. The molecule has 1 aromatic carbocycles. The van der Waals surface area contributed by atoms with Crippen LogP contribution in [0.15, 0.2) is 36.4 Å². The molecule has 7 heteroatoms. The number of hydrogen-bond acceptors (Lipinski definition) is 4. The smallest absolute Gasteiger partial charge is 0.261 e. The Morgan fingerprint density at radius 1 is 1.16 bits per heavy atom. The van der Waals surface area contributed by atoms with E-state index in [4.69, 9.17) is 28.6 Å². The van der Waals surface area contributed by atoms with E-state index in [1.807, 2.05) is 0 Å². The minimum atomic E-state index is -0.165. The third kappa shape index (κ3) is 2.93. The average Bonchev–Trinajstić information content (AvgIpc) is 3.26. The number of imide groups is 1. The maximum Gasteiger partial charge on any atom is 0.261 e. The Morgan fingerprint density at radius 2 is 1.76 bits per heavy atom. The van der Waals surface area contributed by atoms with Crippen LogP contribution >= 0.6 is 23.8 Å². The minimum Gasteiger partial charge on any atom is -0.469 e. The molecule has 0 radical (unpaired) electrons. The number of thiocarbonyl (C=S) groups is 1. The predicted molar refractivity (Wildman–Crippen MR) is 98.1 cm³/mol. The SMILES string of the molecule is O=C1[C@@H]2[C@H](C(=O)N1CCOC(=S)Nc1ccc(Cl)cc1)[C@@H]1C=C[C@H]2C1. The van der Waals surface area contributed by atoms with Crippen LogP contribution in [0.25, 0.3) is 0 Å². The number of fused-ring (bicyclic) bond motifs is 5. The number of allylic oxidation sites excluding steroid dienone is 2. The van der Waals surface area contributed by atoms with Crippen LogP contribution in [0, 0.1) is 23.7 Å². The van der Waals surface area contributed by atoms with Crippen LogP contribution in [-0.2, 0) is 14.3 Å². The second-order valence-electron chi connectivity index (χ2n) is 6.60. The molecular weight excluding hydrogens is 360 g/mol. The molecule has 0 aromatic heterocycles. The topological polar surface area (TPSA) is 58.6 Å². The second kappa shape index (κ2) is 6.42. The number of hydrogen-bond donors (Lipinski definition) is 1. The first-order valence-electron chi connectivity index (χ1n) is 8.27. The van der Waals surface area contributed by atoms with Crippen molar-refractivity contribution in [3.8, 4) is 0 Å². The third-order valence-corrected chi connectivity index (χ3v) is 5.67. The summed E-state index contributed by atoms with van der Waals surface area (Å²) in [6, 6.07) is 7.06. The summed E-state index contributed by atoms with van der Waals surface area (Å²) in [5.74, 6) is -0.00243. The highest BCUT2D eigenvalue weighted by Gasteiger charge is 2.58. The summed E-state index contributed by atoms with van der Waals surface area (Å²) in [4.78, 5) is 26.4. The number of carbonyl (C=O) groups is 2. The van der Waals surface area contributed by atoms with Gasteiger partial charge in [-0.2, -0.15) is 0 Å². The lowest BCUT2D eigenvalue weighted by molar-refractivity contribution is -0.141.